The molecule has 0 aromatic heterocycles. The van der Waals surface area contributed by atoms with Crippen molar-refractivity contribution in [1.29, 1.82) is 0 Å². The molecule has 7 nitrogen and oxygen atoms in total. The monoisotopic (exact) mass is 354 g/mol. The van der Waals surface area contributed by atoms with E-state index in [1.165, 1.54) is 11.8 Å². The van der Waals surface area contributed by atoms with Crippen LogP contribution in [0.15, 0.2) is 24.3 Å². The number of rotatable bonds is 6. The zero-order valence-electron chi connectivity index (χ0n) is 13.8. The van der Waals surface area contributed by atoms with Crippen LogP contribution in [0.4, 0.5) is 0 Å². The average Bonchev–Trinajstić information content (AvgIpc) is 2.85. The number of hydrogen-bond acceptors (Lipinski definition) is 5. The molecule has 1 aromatic rings. The molecule has 1 atom stereocenters. The molecule has 1 heterocycles. The fourth-order valence-electron chi connectivity index (χ4n) is 2.67. The van der Waals surface area contributed by atoms with Gasteiger partial charge in [-0.15, -0.1) is 0 Å². The average molecular weight is 354 g/mol. The maximum absolute atomic E-state index is 12.1. The van der Waals surface area contributed by atoms with Crippen molar-refractivity contribution in [3.05, 3.63) is 29.8 Å². The molecular weight excluding hydrogens is 332 g/mol. The normalized spacial score (nSPS) is 18.8. The molecule has 0 aliphatic carbocycles. The van der Waals surface area contributed by atoms with Crippen molar-refractivity contribution in [1.82, 2.24) is 10.2 Å². The Kier molecular flexibility index (Phi) is 5.82. The summed E-state index contributed by atoms with van der Waals surface area (Å²) in [6.45, 7) is 1.52. The van der Waals surface area contributed by atoms with Crippen molar-refractivity contribution in [2.45, 2.75) is 25.9 Å². The van der Waals surface area contributed by atoms with Gasteiger partial charge in [0.05, 0.1) is 25.2 Å². The van der Waals surface area contributed by atoms with Crippen molar-refractivity contribution in [2.75, 3.05) is 25.2 Å². The summed E-state index contributed by atoms with van der Waals surface area (Å²) >= 11 is 0. The maximum Gasteiger partial charge on any atom is 0.239 e. The third-order valence-corrected chi connectivity index (χ3v) is 5.70. The first-order chi connectivity index (χ1) is 11.3. The molecule has 0 radical (unpaired) electrons. The lowest BCUT2D eigenvalue weighted by Crippen LogP contribution is -2.43. The van der Waals surface area contributed by atoms with Gasteiger partial charge in [0.15, 0.2) is 9.84 Å². The van der Waals surface area contributed by atoms with Gasteiger partial charge in [-0.05, 0) is 12.5 Å². The number of ether oxygens (including phenoxy) is 1. The Morgan fingerprint density at radius 1 is 1.33 bits per heavy atom. The fraction of sp³-hybridized carbons (Fsp3) is 0.500. The van der Waals surface area contributed by atoms with E-state index in [1.807, 2.05) is 18.2 Å². The largest absolute Gasteiger partial charge is 0.496 e. The van der Waals surface area contributed by atoms with Crippen LogP contribution in [0, 0.1) is 0 Å². The standard InChI is InChI=1S/C16H22N2O5S/c1-12(19)18(9-13-5-3-4-6-15(13)23-2)10-16(20)17-14-7-8-24(21,22)11-14/h3-6,14H,7-11H2,1-2H3,(H,17,20). The van der Waals surface area contributed by atoms with Gasteiger partial charge in [0, 0.05) is 25.1 Å². The number of amides is 2. The number of nitrogens with zero attached hydrogens (tertiary/aromatic N) is 1. The van der Waals surface area contributed by atoms with Crippen LogP contribution >= 0.6 is 0 Å². The summed E-state index contributed by atoms with van der Waals surface area (Å²) in [5.74, 6) is 0.101. The van der Waals surface area contributed by atoms with Gasteiger partial charge in [-0.3, -0.25) is 9.59 Å². The minimum absolute atomic E-state index is 0.0364. The summed E-state index contributed by atoms with van der Waals surface area (Å²) in [4.78, 5) is 25.4. The zero-order chi connectivity index (χ0) is 17.7. The molecule has 0 saturated carbocycles. The van der Waals surface area contributed by atoms with Gasteiger partial charge in [-0.2, -0.15) is 0 Å². The van der Waals surface area contributed by atoms with Crippen LogP contribution in [-0.4, -0.2) is 56.3 Å². The quantitative estimate of drug-likeness (QED) is 0.796. The van der Waals surface area contributed by atoms with Gasteiger partial charge in [0.2, 0.25) is 11.8 Å². The number of sulfone groups is 1. The number of hydrogen-bond donors (Lipinski definition) is 1. The van der Waals surface area contributed by atoms with E-state index in [0.29, 0.717) is 12.2 Å². The van der Waals surface area contributed by atoms with Gasteiger partial charge < -0.3 is 15.0 Å². The van der Waals surface area contributed by atoms with Gasteiger partial charge in [0.1, 0.15) is 5.75 Å². The van der Waals surface area contributed by atoms with E-state index in [2.05, 4.69) is 5.32 Å². The lowest BCUT2D eigenvalue weighted by Gasteiger charge is -2.22. The Morgan fingerprint density at radius 2 is 2.04 bits per heavy atom. The predicted molar refractivity (Wildman–Crippen MR) is 89.3 cm³/mol. The highest BCUT2D eigenvalue weighted by Gasteiger charge is 2.29. The zero-order valence-corrected chi connectivity index (χ0v) is 14.6. The molecule has 1 aliphatic rings. The molecule has 2 amide bonds. The first-order valence-corrected chi connectivity index (χ1v) is 9.50. The van der Waals surface area contributed by atoms with Gasteiger partial charge in [-0.25, -0.2) is 8.42 Å². The lowest BCUT2D eigenvalue weighted by molar-refractivity contribution is -0.135. The second-order valence-electron chi connectivity index (χ2n) is 5.85. The highest BCUT2D eigenvalue weighted by molar-refractivity contribution is 7.91. The van der Waals surface area contributed by atoms with E-state index in [4.69, 9.17) is 4.74 Å². The molecule has 1 aliphatic heterocycles. The second kappa shape index (κ2) is 7.65. The van der Waals surface area contributed by atoms with E-state index < -0.39 is 9.84 Å². The highest BCUT2D eigenvalue weighted by atomic mass is 32.2. The van der Waals surface area contributed by atoms with Crippen molar-refractivity contribution < 1.29 is 22.7 Å². The van der Waals surface area contributed by atoms with E-state index >= 15 is 0 Å². The minimum Gasteiger partial charge on any atom is -0.496 e. The van der Waals surface area contributed by atoms with Crippen molar-refractivity contribution in [2.24, 2.45) is 0 Å². The van der Waals surface area contributed by atoms with Crippen LogP contribution in [0.2, 0.25) is 0 Å². The highest BCUT2D eigenvalue weighted by Crippen LogP contribution is 2.19. The number of methoxy groups -OCH3 is 1. The maximum atomic E-state index is 12.1. The van der Waals surface area contributed by atoms with E-state index in [1.54, 1.807) is 13.2 Å². The first kappa shape index (κ1) is 18.3. The molecule has 1 aromatic carbocycles. The molecule has 1 N–H and O–H groups in total. The Bertz CT molecular complexity index is 717. The molecule has 8 heteroatoms. The predicted octanol–water partition coefficient (Wildman–Crippen LogP) is 0.347. The van der Waals surface area contributed by atoms with E-state index in [-0.39, 0.29) is 42.5 Å². The second-order valence-corrected chi connectivity index (χ2v) is 8.08. The third-order valence-electron chi connectivity index (χ3n) is 3.93. The summed E-state index contributed by atoms with van der Waals surface area (Å²) in [7, 11) is -1.51. The molecule has 1 fully saturated rings. The molecule has 0 bridgehead atoms. The summed E-state index contributed by atoms with van der Waals surface area (Å²) in [6.07, 6.45) is 0.417. The van der Waals surface area contributed by atoms with Crippen LogP contribution in [0.5, 0.6) is 5.75 Å². The Balaban J connectivity index is 1.98. The van der Waals surface area contributed by atoms with Gasteiger partial charge in [0.25, 0.3) is 0 Å². The summed E-state index contributed by atoms with van der Waals surface area (Å²) in [6, 6.07) is 6.91. The van der Waals surface area contributed by atoms with Crippen LogP contribution < -0.4 is 10.1 Å². The van der Waals surface area contributed by atoms with Gasteiger partial charge >= 0.3 is 0 Å². The van der Waals surface area contributed by atoms with Crippen molar-refractivity contribution >= 4 is 21.7 Å². The lowest BCUT2D eigenvalue weighted by atomic mass is 10.2. The smallest absolute Gasteiger partial charge is 0.239 e. The summed E-state index contributed by atoms with van der Waals surface area (Å²) in [5.41, 5.74) is 0.798. The summed E-state index contributed by atoms with van der Waals surface area (Å²) < 4.78 is 28.1. The first-order valence-electron chi connectivity index (χ1n) is 7.68. The van der Waals surface area contributed by atoms with Crippen LogP contribution in [-0.2, 0) is 26.0 Å². The SMILES string of the molecule is COc1ccccc1CN(CC(=O)NC1CCS(=O)(=O)C1)C(C)=O. The number of para-hydroxylation sites is 1. The van der Waals surface area contributed by atoms with Crippen LogP contribution in [0.3, 0.4) is 0 Å². The molecular formula is C16H22N2O5S. The molecule has 24 heavy (non-hydrogen) atoms. The van der Waals surface area contributed by atoms with E-state index in [0.717, 1.165) is 5.56 Å². The topological polar surface area (TPSA) is 92.8 Å². The number of carbonyl (C=O) groups is 2. The van der Waals surface area contributed by atoms with Crippen LogP contribution in [0.25, 0.3) is 0 Å². The molecule has 1 unspecified atom stereocenters. The Hall–Kier alpha value is -2.09. The summed E-state index contributed by atoms with van der Waals surface area (Å²) in [5, 5.41) is 2.69. The van der Waals surface area contributed by atoms with Crippen LogP contribution in [0.1, 0.15) is 18.9 Å². The fourth-order valence-corrected chi connectivity index (χ4v) is 4.35. The number of carbonyl (C=O) groups excluding carboxylic acids is 2. The van der Waals surface area contributed by atoms with Crippen molar-refractivity contribution in [3.8, 4) is 5.75 Å². The number of benzene rings is 1. The molecule has 2 rings (SSSR count). The third kappa shape index (κ3) is 4.95. The van der Waals surface area contributed by atoms with Gasteiger partial charge in [-0.1, -0.05) is 18.2 Å². The Morgan fingerprint density at radius 3 is 2.62 bits per heavy atom. The minimum atomic E-state index is -3.06. The Labute approximate surface area is 141 Å². The molecule has 0 spiro atoms. The molecule has 132 valence electrons. The molecule has 1 saturated heterocycles. The van der Waals surface area contributed by atoms with Crippen molar-refractivity contribution in [3.63, 3.8) is 0 Å². The number of nitrogens with one attached hydrogen (secondary N) is 1. The van der Waals surface area contributed by atoms with E-state index in [9.17, 15) is 18.0 Å².